The summed E-state index contributed by atoms with van der Waals surface area (Å²) < 4.78 is 0. The maximum absolute atomic E-state index is 10.7. The Hall–Kier alpha value is -0.530. The van der Waals surface area contributed by atoms with Gasteiger partial charge in [0, 0.05) is 6.54 Å². The van der Waals surface area contributed by atoms with Crippen LogP contribution in [0.15, 0.2) is 0 Å². The number of amides is 1. The molecule has 0 saturated carbocycles. The molecule has 0 unspecified atom stereocenters. The van der Waals surface area contributed by atoms with E-state index in [0.29, 0.717) is 0 Å². The van der Waals surface area contributed by atoms with Crippen LogP contribution < -0.4 is 5.32 Å². The van der Waals surface area contributed by atoms with Gasteiger partial charge in [0.05, 0.1) is 6.42 Å². The van der Waals surface area contributed by atoms with Crippen LogP contribution in [0, 0.1) is 11.8 Å². The van der Waals surface area contributed by atoms with Crippen LogP contribution >= 0.6 is 0 Å². The first-order valence-corrected chi connectivity index (χ1v) is 3.16. The van der Waals surface area contributed by atoms with Gasteiger partial charge in [-0.05, 0) is 11.8 Å². The average Bonchev–Trinajstić information content (AvgIpc) is 1.60. The highest BCUT2D eigenvalue weighted by Crippen LogP contribution is 2.25. The van der Waals surface area contributed by atoms with Gasteiger partial charge in [0.1, 0.15) is 0 Å². The molecule has 0 aromatic heterocycles. The van der Waals surface area contributed by atoms with Gasteiger partial charge in [-0.2, -0.15) is 0 Å². The molecule has 0 bridgehead atoms. The second kappa shape index (κ2) is 2.01. The molecular formula is C7H11NO. The smallest absolute Gasteiger partial charge is 0.229 e. The highest BCUT2D eigenvalue weighted by Gasteiger charge is 2.26. The van der Waals surface area contributed by atoms with Gasteiger partial charge in [0.25, 0.3) is 0 Å². The monoisotopic (exact) mass is 125 g/mol. The molecule has 0 aromatic rings. The third-order valence-electron chi connectivity index (χ3n) is 1.49. The number of carbonyl (C=O) groups is 1. The van der Waals surface area contributed by atoms with Gasteiger partial charge in [-0.1, -0.05) is 13.8 Å². The summed E-state index contributed by atoms with van der Waals surface area (Å²) in [7, 11) is 0. The largest absolute Gasteiger partial charge is 0.356 e. The lowest BCUT2D eigenvalue weighted by atomic mass is 9.83. The van der Waals surface area contributed by atoms with Crippen LogP contribution in [0.2, 0.25) is 0 Å². The first kappa shape index (κ1) is 6.59. The molecule has 1 heterocycles. The maximum atomic E-state index is 10.7. The van der Waals surface area contributed by atoms with Gasteiger partial charge in [-0.3, -0.25) is 4.79 Å². The van der Waals surface area contributed by atoms with Gasteiger partial charge in [-0.15, -0.1) is 0 Å². The Labute approximate surface area is 55.6 Å². The van der Waals surface area contributed by atoms with E-state index in [4.69, 9.17) is 0 Å². The van der Waals surface area contributed by atoms with Crippen molar-refractivity contribution in [3.8, 4) is 0 Å². The zero-order chi connectivity index (χ0) is 6.91. The molecule has 0 aliphatic carbocycles. The molecule has 1 aliphatic heterocycles. The van der Waals surface area contributed by atoms with Gasteiger partial charge in [-0.25, -0.2) is 0 Å². The third-order valence-corrected chi connectivity index (χ3v) is 1.49. The minimum absolute atomic E-state index is 0.0116. The van der Waals surface area contributed by atoms with E-state index < -0.39 is 0 Å². The summed E-state index contributed by atoms with van der Waals surface area (Å²) in [6.45, 7) is 4.83. The van der Waals surface area contributed by atoms with E-state index in [9.17, 15) is 4.79 Å². The Bertz CT molecular complexity index is 129. The van der Waals surface area contributed by atoms with E-state index >= 15 is 0 Å². The lowest BCUT2D eigenvalue weighted by Crippen LogP contribution is -2.38. The van der Waals surface area contributed by atoms with Crippen molar-refractivity contribution in [2.24, 2.45) is 5.41 Å². The molecule has 1 aliphatic rings. The zero-order valence-electron chi connectivity index (χ0n) is 5.82. The predicted octanol–water partition coefficient (Wildman–Crippen LogP) is 0.614. The van der Waals surface area contributed by atoms with Crippen LogP contribution in [-0.2, 0) is 4.79 Å². The minimum Gasteiger partial charge on any atom is -0.356 e. The molecule has 0 spiro atoms. The SMILES string of the molecule is CC1(C)[C]C(=O)NCC1. The second-order valence-corrected chi connectivity index (χ2v) is 3.01. The van der Waals surface area contributed by atoms with Crippen molar-refractivity contribution in [1.29, 1.82) is 0 Å². The highest BCUT2D eigenvalue weighted by molar-refractivity contribution is 5.86. The maximum Gasteiger partial charge on any atom is 0.229 e. The van der Waals surface area contributed by atoms with Crippen molar-refractivity contribution in [3.05, 3.63) is 6.42 Å². The molecule has 1 amide bonds. The number of hydrogen-bond acceptors (Lipinski definition) is 1. The van der Waals surface area contributed by atoms with Gasteiger partial charge in [0.2, 0.25) is 5.91 Å². The van der Waals surface area contributed by atoms with Crippen LogP contribution in [0.25, 0.3) is 0 Å². The van der Waals surface area contributed by atoms with E-state index in [1.165, 1.54) is 0 Å². The van der Waals surface area contributed by atoms with E-state index in [2.05, 4.69) is 11.7 Å². The van der Waals surface area contributed by atoms with Gasteiger partial charge in [0.15, 0.2) is 0 Å². The molecule has 2 radical (unpaired) electrons. The number of hydrogen-bond donors (Lipinski definition) is 1. The summed E-state index contributed by atoms with van der Waals surface area (Å²) >= 11 is 0. The first-order valence-electron chi connectivity index (χ1n) is 3.16. The Kier molecular flexibility index (Phi) is 1.47. The molecule has 9 heavy (non-hydrogen) atoms. The topological polar surface area (TPSA) is 29.1 Å². The molecule has 0 aromatic carbocycles. The van der Waals surface area contributed by atoms with Gasteiger partial charge < -0.3 is 5.32 Å². The Balaban J connectivity index is 2.51. The molecule has 1 fully saturated rings. The second-order valence-electron chi connectivity index (χ2n) is 3.01. The summed E-state index contributed by atoms with van der Waals surface area (Å²) in [6.07, 6.45) is 3.80. The minimum atomic E-state index is -0.0498. The fourth-order valence-electron chi connectivity index (χ4n) is 0.903. The molecule has 1 rings (SSSR count). The summed E-state index contributed by atoms with van der Waals surface area (Å²) in [5.41, 5.74) is -0.0116. The van der Waals surface area contributed by atoms with E-state index in [1.54, 1.807) is 0 Å². The molecule has 2 nitrogen and oxygen atoms in total. The normalized spacial score (nSPS) is 25.3. The van der Waals surface area contributed by atoms with E-state index in [1.807, 2.05) is 13.8 Å². The number of nitrogens with one attached hydrogen (secondary N) is 1. The van der Waals surface area contributed by atoms with Crippen molar-refractivity contribution in [2.45, 2.75) is 20.3 Å². The molecule has 0 atom stereocenters. The quantitative estimate of drug-likeness (QED) is 0.505. The molecule has 1 N–H and O–H groups in total. The summed E-state index contributed by atoms with van der Waals surface area (Å²) in [5, 5.41) is 2.69. The standard InChI is InChI=1S/C7H11NO/c1-7(2)3-4-8-6(9)5-7/h3-4H2,1-2H3,(H,8,9). The average molecular weight is 125 g/mol. The van der Waals surface area contributed by atoms with Crippen molar-refractivity contribution < 1.29 is 4.79 Å². The molecule has 2 heteroatoms. The summed E-state index contributed by atoms with van der Waals surface area (Å²) in [5.74, 6) is -0.0498. The first-order chi connectivity index (χ1) is 4.10. The van der Waals surface area contributed by atoms with Crippen LogP contribution in [0.4, 0.5) is 0 Å². The summed E-state index contributed by atoms with van der Waals surface area (Å²) in [4.78, 5) is 10.7. The Morgan fingerprint density at radius 2 is 2.33 bits per heavy atom. The van der Waals surface area contributed by atoms with Crippen molar-refractivity contribution in [3.63, 3.8) is 0 Å². The van der Waals surface area contributed by atoms with Crippen molar-refractivity contribution >= 4 is 5.91 Å². The Morgan fingerprint density at radius 3 is 2.67 bits per heavy atom. The number of carbonyl (C=O) groups excluding carboxylic acids is 1. The Morgan fingerprint density at radius 1 is 1.67 bits per heavy atom. The number of piperidine rings is 1. The fraction of sp³-hybridized carbons (Fsp3) is 0.714. The van der Waals surface area contributed by atoms with Gasteiger partial charge >= 0.3 is 0 Å². The lowest BCUT2D eigenvalue weighted by Gasteiger charge is -2.27. The van der Waals surface area contributed by atoms with Crippen LogP contribution in [0.5, 0.6) is 0 Å². The highest BCUT2D eigenvalue weighted by atomic mass is 16.1. The fourth-order valence-corrected chi connectivity index (χ4v) is 0.903. The van der Waals surface area contributed by atoms with Crippen LogP contribution in [0.1, 0.15) is 20.3 Å². The third kappa shape index (κ3) is 1.70. The van der Waals surface area contributed by atoms with Crippen molar-refractivity contribution in [2.75, 3.05) is 6.54 Å². The van der Waals surface area contributed by atoms with E-state index in [-0.39, 0.29) is 11.3 Å². The summed E-state index contributed by atoms with van der Waals surface area (Å²) in [6, 6.07) is 0. The molecule has 1 saturated heterocycles. The van der Waals surface area contributed by atoms with E-state index in [0.717, 1.165) is 13.0 Å². The van der Waals surface area contributed by atoms with Crippen LogP contribution in [0.3, 0.4) is 0 Å². The molecular weight excluding hydrogens is 114 g/mol. The van der Waals surface area contributed by atoms with Crippen LogP contribution in [-0.4, -0.2) is 12.5 Å². The molecule has 50 valence electrons. The lowest BCUT2D eigenvalue weighted by molar-refractivity contribution is -0.120. The predicted molar refractivity (Wildman–Crippen MR) is 34.7 cm³/mol. The van der Waals surface area contributed by atoms with Crippen molar-refractivity contribution in [1.82, 2.24) is 5.32 Å². The zero-order valence-corrected chi connectivity index (χ0v) is 5.82. The number of rotatable bonds is 0.